The third kappa shape index (κ3) is 2.07. The molecule has 1 atom stereocenters. The highest BCUT2D eigenvalue weighted by Crippen LogP contribution is 2.36. The van der Waals surface area contributed by atoms with E-state index in [1.165, 1.54) is 17.0 Å². The molecule has 2 rings (SSSR count). The van der Waals surface area contributed by atoms with Crippen LogP contribution in [0.5, 0.6) is 0 Å². The monoisotopic (exact) mass is 259 g/mol. The fourth-order valence-corrected chi connectivity index (χ4v) is 2.77. The number of hydrogen-bond acceptors (Lipinski definition) is 3. The Bertz CT molecular complexity index is 560. The molecule has 0 N–H and O–H groups in total. The maximum absolute atomic E-state index is 10.6. The Morgan fingerprint density at radius 3 is 2.44 bits per heavy atom. The molecule has 0 amide bonds. The Hall–Kier alpha value is -1.94. The van der Waals surface area contributed by atoms with Gasteiger partial charge in [-0.25, -0.2) is 0 Å². The van der Waals surface area contributed by atoms with E-state index in [1.54, 1.807) is 23.5 Å². The van der Waals surface area contributed by atoms with Gasteiger partial charge in [-0.2, -0.15) is 0 Å². The fourth-order valence-electron chi connectivity index (χ4n) is 1.86. The normalized spacial score (nSPS) is 13.8. The van der Waals surface area contributed by atoms with E-state index in [1.807, 2.05) is 23.6 Å². The Morgan fingerprint density at radius 2 is 2.00 bits per heavy atom. The molecule has 0 saturated carbocycles. The summed E-state index contributed by atoms with van der Waals surface area (Å²) in [6.45, 7) is 5.96. The molecule has 0 saturated heterocycles. The van der Waals surface area contributed by atoms with Gasteiger partial charge in [0.25, 0.3) is 5.69 Å². The molecule has 2 aromatic rings. The maximum atomic E-state index is 10.6. The largest absolute Gasteiger partial charge is 0.269 e. The molecule has 1 aromatic heterocycles. The van der Waals surface area contributed by atoms with Crippen molar-refractivity contribution in [1.82, 2.24) is 0 Å². The summed E-state index contributed by atoms with van der Waals surface area (Å²) in [5.41, 5.74) is 0.811. The van der Waals surface area contributed by atoms with Crippen molar-refractivity contribution in [1.29, 1.82) is 0 Å². The zero-order chi connectivity index (χ0) is 13.2. The van der Waals surface area contributed by atoms with E-state index < -0.39 is 0 Å². The molecule has 1 aromatic carbocycles. The van der Waals surface area contributed by atoms with E-state index in [9.17, 15) is 10.1 Å². The Kier molecular flexibility index (Phi) is 3.30. The fraction of sp³-hybridized carbons (Fsp3) is 0.143. The van der Waals surface area contributed by atoms with Crippen LogP contribution >= 0.6 is 11.3 Å². The molecular formula is C14H13NO2S. The molecular weight excluding hydrogens is 246 g/mol. The van der Waals surface area contributed by atoms with E-state index in [4.69, 9.17) is 0 Å². The lowest BCUT2D eigenvalue weighted by molar-refractivity contribution is -0.384. The van der Waals surface area contributed by atoms with Gasteiger partial charge in [0.1, 0.15) is 0 Å². The van der Waals surface area contributed by atoms with Gasteiger partial charge in [0.15, 0.2) is 0 Å². The second-order valence-electron chi connectivity index (χ2n) is 4.19. The minimum Gasteiger partial charge on any atom is -0.258 e. The molecule has 92 valence electrons. The summed E-state index contributed by atoms with van der Waals surface area (Å²) in [5.74, 6) is 0. The van der Waals surface area contributed by atoms with E-state index in [0.29, 0.717) is 0 Å². The van der Waals surface area contributed by atoms with E-state index in [-0.39, 0.29) is 16.0 Å². The van der Waals surface area contributed by atoms with E-state index >= 15 is 0 Å². The Labute approximate surface area is 110 Å². The van der Waals surface area contributed by atoms with Crippen LogP contribution in [-0.2, 0) is 5.41 Å². The molecule has 0 unspecified atom stereocenters. The summed E-state index contributed by atoms with van der Waals surface area (Å²) >= 11 is 1.65. The minimum absolute atomic E-state index is 0.108. The summed E-state index contributed by atoms with van der Waals surface area (Å²) in [6.07, 6.45) is 1.88. The van der Waals surface area contributed by atoms with Gasteiger partial charge >= 0.3 is 0 Å². The standard InChI is InChI=1S/C14H13NO2S/c1-3-14(2,13-5-4-10-18-13)11-6-8-12(9-7-11)15(16)17/h3-10H,1H2,2H3/t14-/m0/s1. The summed E-state index contributed by atoms with van der Waals surface area (Å²) < 4.78 is 0. The predicted molar refractivity (Wildman–Crippen MR) is 74.1 cm³/mol. The lowest BCUT2D eigenvalue weighted by Gasteiger charge is -2.25. The lowest BCUT2D eigenvalue weighted by Crippen LogP contribution is -2.18. The first kappa shape index (κ1) is 12.5. The Morgan fingerprint density at radius 1 is 1.33 bits per heavy atom. The first-order valence-corrected chi connectivity index (χ1v) is 6.38. The van der Waals surface area contributed by atoms with E-state index in [0.717, 1.165) is 5.56 Å². The molecule has 18 heavy (non-hydrogen) atoms. The topological polar surface area (TPSA) is 43.1 Å². The lowest BCUT2D eigenvalue weighted by atomic mass is 9.81. The smallest absolute Gasteiger partial charge is 0.258 e. The quantitative estimate of drug-likeness (QED) is 0.470. The van der Waals surface area contributed by atoms with Gasteiger partial charge in [-0.15, -0.1) is 17.9 Å². The average molecular weight is 259 g/mol. The molecule has 0 aliphatic rings. The highest BCUT2D eigenvalue weighted by atomic mass is 32.1. The van der Waals surface area contributed by atoms with Crippen molar-refractivity contribution < 1.29 is 4.92 Å². The van der Waals surface area contributed by atoms with Crippen LogP contribution in [-0.4, -0.2) is 4.92 Å². The van der Waals surface area contributed by atoms with Gasteiger partial charge in [-0.3, -0.25) is 10.1 Å². The molecule has 0 bridgehead atoms. The number of nitro benzene ring substituents is 1. The number of non-ortho nitro benzene ring substituents is 1. The predicted octanol–water partition coefficient (Wildman–Crippen LogP) is 4.15. The average Bonchev–Trinajstić information content (AvgIpc) is 2.92. The molecule has 0 aliphatic carbocycles. The number of rotatable bonds is 4. The minimum atomic E-state index is -0.389. The highest BCUT2D eigenvalue weighted by Gasteiger charge is 2.26. The molecule has 0 radical (unpaired) electrons. The third-order valence-electron chi connectivity index (χ3n) is 3.12. The molecule has 1 heterocycles. The molecule has 0 fully saturated rings. The molecule has 4 heteroatoms. The van der Waals surface area contributed by atoms with Crippen LogP contribution in [0.2, 0.25) is 0 Å². The van der Waals surface area contributed by atoms with Crippen LogP contribution in [0.3, 0.4) is 0 Å². The number of nitrogens with zero attached hydrogens (tertiary/aromatic N) is 1. The van der Waals surface area contributed by atoms with Gasteiger partial charge < -0.3 is 0 Å². The van der Waals surface area contributed by atoms with Crippen molar-refractivity contribution in [2.45, 2.75) is 12.3 Å². The number of nitro groups is 1. The summed E-state index contributed by atoms with van der Waals surface area (Å²) in [4.78, 5) is 11.4. The number of hydrogen-bond donors (Lipinski definition) is 0. The highest BCUT2D eigenvalue weighted by molar-refractivity contribution is 7.10. The second-order valence-corrected chi connectivity index (χ2v) is 5.14. The Balaban J connectivity index is 2.45. The van der Waals surface area contributed by atoms with Crippen molar-refractivity contribution >= 4 is 17.0 Å². The second kappa shape index (κ2) is 4.74. The summed E-state index contributed by atoms with van der Waals surface area (Å²) in [7, 11) is 0. The first-order valence-electron chi connectivity index (χ1n) is 5.50. The van der Waals surface area contributed by atoms with Crippen LogP contribution in [0.4, 0.5) is 5.69 Å². The molecule has 0 aliphatic heterocycles. The van der Waals surface area contributed by atoms with E-state index in [2.05, 4.69) is 13.5 Å². The first-order chi connectivity index (χ1) is 8.58. The summed E-state index contributed by atoms with van der Waals surface area (Å²) in [6, 6.07) is 10.7. The van der Waals surface area contributed by atoms with Gasteiger partial charge in [0.2, 0.25) is 0 Å². The van der Waals surface area contributed by atoms with Gasteiger partial charge in [-0.1, -0.05) is 24.3 Å². The van der Waals surface area contributed by atoms with Crippen molar-refractivity contribution in [3.63, 3.8) is 0 Å². The van der Waals surface area contributed by atoms with Crippen molar-refractivity contribution in [2.24, 2.45) is 0 Å². The molecule has 0 spiro atoms. The van der Waals surface area contributed by atoms with Crippen LogP contribution in [0.1, 0.15) is 17.4 Å². The van der Waals surface area contributed by atoms with Gasteiger partial charge in [0, 0.05) is 22.4 Å². The number of thiophene rings is 1. The zero-order valence-corrected chi connectivity index (χ0v) is 10.8. The maximum Gasteiger partial charge on any atom is 0.269 e. The van der Waals surface area contributed by atoms with Gasteiger partial charge in [0.05, 0.1) is 4.92 Å². The third-order valence-corrected chi connectivity index (χ3v) is 4.23. The van der Waals surface area contributed by atoms with Gasteiger partial charge in [-0.05, 0) is 23.9 Å². The van der Waals surface area contributed by atoms with Crippen LogP contribution in [0, 0.1) is 10.1 Å². The van der Waals surface area contributed by atoms with Crippen LogP contribution in [0.25, 0.3) is 0 Å². The van der Waals surface area contributed by atoms with Crippen molar-refractivity contribution in [3.8, 4) is 0 Å². The summed E-state index contributed by atoms with van der Waals surface area (Å²) in [5, 5.41) is 12.7. The number of allylic oxidation sites excluding steroid dienone is 1. The van der Waals surface area contributed by atoms with Crippen molar-refractivity contribution in [3.05, 3.63) is 75.0 Å². The van der Waals surface area contributed by atoms with Crippen LogP contribution in [0.15, 0.2) is 54.4 Å². The SMILES string of the molecule is C=C[C@@](C)(c1ccc([N+](=O)[O-])cc1)c1cccs1. The molecule has 3 nitrogen and oxygen atoms in total. The number of benzene rings is 1. The zero-order valence-electron chi connectivity index (χ0n) is 10.00. The van der Waals surface area contributed by atoms with Crippen molar-refractivity contribution in [2.75, 3.05) is 0 Å². The van der Waals surface area contributed by atoms with Crippen LogP contribution < -0.4 is 0 Å².